The van der Waals surface area contributed by atoms with Crippen molar-refractivity contribution in [3.05, 3.63) is 21.9 Å². The molecule has 1 aromatic heterocycles. The van der Waals surface area contributed by atoms with Crippen molar-refractivity contribution in [1.29, 1.82) is 0 Å². The van der Waals surface area contributed by atoms with Gasteiger partial charge in [0.15, 0.2) is 5.96 Å². The van der Waals surface area contributed by atoms with Gasteiger partial charge in [0.25, 0.3) is 0 Å². The third-order valence-electron chi connectivity index (χ3n) is 3.38. The molecule has 5 nitrogen and oxygen atoms in total. The molecule has 1 atom stereocenters. The SMILES string of the molecule is CN=C(NCc1sccc1C)N1CCOC(COC)C1. The molecule has 1 aliphatic heterocycles. The van der Waals surface area contributed by atoms with Crippen molar-refractivity contribution < 1.29 is 9.47 Å². The predicted octanol–water partition coefficient (Wildman–Crippen LogP) is 1.48. The van der Waals surface area contributed by atoms with Gasteiger partial charge in [-0.3, -0.25) is 4.99 Å². The molecular weight excluding hydrogens is 274 g/mol. The van der Waals surface area contributed by atoms with Gasteiger partial charge in [0.2, 0.25) is 0 Å². The Kier molecular flexibility index (Phi) is 5.82. The Morgan fingerprint density at radius 1 is 1.65 bits per heavy atom. The summed E-state index contributed by atoms with van der Waals surface area (Å²) in [6, 6.07) is 2.15. The standard InChI is InChI=1S/C14H23N3O2S/c1-11-4-7-20-13(11)8-16-14(15-2)17-5-6-19-12(9-17)10-18-3/h4,7,12H,5-6,8-10H2,1-3H3,(H,15,16). The van der Waals surface area contributed by atoms with E-state index in [0.717, 1.165) is 25.6 Å². The first-order valence-electron chi connectivity index (χ1n) is 6.83. The van der Waals surface area contributed by atoms with E-state index in [4.69, 9.17) is 9.47 Å². The molecule has 2 heterocycles. The Hall–Kier alpha value is -1.11. The summed E-state index contributed by atoms with van der Waals surface area (Å²) in [5.41, 5.74) is 1.33. The van der Waals surface area contributed by atoms with Gasteiger partial charge < -0.3 is 19.7 Å². The van der Waals surface area contributed by atoms with Gasteiger partial charge in [-0.25, -0.2) is 0 Å². The Morgan fingerprint density at radius 2 is 2.50 bits per heavy atom. The summed E-state index contributed by atoms with van der Waals surface area (Å²) in [5, 5.41) is 5.56. The first kappa shape index (κ1) is 15.3. The summed E-state index contributed by atoms with van der Waals surface area (Å²) in [4.78, 5) is 7.96. The topological polar surface area (TPSA) is 46.1 Å². The van der Waals surface area contributed by atoms with Crippen molar-refractivity contribution in [3.8, 4) is 0 Å². The summed E-state index contributed by atoms with van der Waals surface area (Å²) in [5.74, 6) is 0.933. The average molecular weight is 297 g/mol. The van der Waals surface area contributed by atoms with E-state index in [1.54, 1.807) is 18.4 Å². The number of hydrogen-bond acceptors (Lipinski definition) is 4. The van der Waals surface area contributed by atoms with Crippen LogP contribution in [-0.4, -0.2) is 57.4 Å². The zero-order chi connectivity index (χ0) is 14.4. The molecule has 1 N–H and O–H groups in total. The molecule has 112 valence electrons. The highest BCUT2D eigenvalue weighted by Crippen LogP contribution is 2.15. The molecule has 1 saturated heterocycles. The van der Waals surface area contributed by atoms with Crippen LogP contribution in [0.4, 0.5) is 0 Å². The fourth-order valence-corrected chi connectivity index (χ4v) is 3.12. The highest BCUT2D eigenvalue weighted by molar-refractivity contribution is 7.10. The highest BCUT2D eigenvalue weighted by Gasteiger charge is 2.22. The van der Waals surface area contributed by atoms with Crippen LogP contribution in [0.5, 0.6) is 0 Å². The quantitative estimate of drug-likeness (QED) is 0.675. The minimum atomic E-state index is 0.121. The average Bonchev–Trinajstić information content (AvgIpc) is 2.86. The van der Waals surface area contributed by atoms with Crippen LogP contribution in [0.25, 0.3) is 0 Å². The Morgan fingerprint density at radius 3 is 3.15 bits per heavy atom. The molecule has 6 heteroatoms. The minimum Gasteiger partial charge on any atom is -0.382 e. The number of nitrogens with zero attached hydrogens (tertiary/aromatic N) is 2. The second kappa shape index (κ2) is 7.61. The molecule has 1 unspecified atom stereocenters. The molecule has 0 aromatic carbocycles. The lowest BCUT2D eigenvalue weighted by Crippen LogP contribution is -2.51. The fraction of sp³-hybridized carbons (Fsp3) is 0.643. The van der Waals surface area contributed by atoms with Gasteiger partial charge >= 0.3 is 0 Å². The van der Waals surface area contributed by atoms with Gasteiger partial charge in [-0.1, -0.05) is 0 Å². The maximum atomic E-state index is 5.67. The predicted molar refractivity (Wildman–Crippen MR) is 82.4 cm³/mol. The molecule has 20 heavy (non-hydrogen) atoms. The first-order chi connectivity index (χ1) is 9.74. The number of nitrogens with one attached hydrogen (secondary N) is 1. The minimum absolute atomic E-state index is 0.121. The molecule has 1 aromatic rings. The van der Waals surface area contributed by atoms with Crippen LogP contribution in [0.1, 0.15) is 10.4 Å². The van der Waals surface area contributed by atoms with Crippen molar-refractivity contribution in [2.75, 3.05) is 40.5 Å². The van der Waals surface area contributed by atoms with Crippen LogP contribution >= 0.6 is 11.3 Å². The maximum absolute atomic E-state index is 5.67. The van der Waals surface area contributed by atoms with E-state index >= 15 is 0 Å². The van der Waals surface area contributed by atoms with Crippen LogP contribution in [0, 0.1) is 6.92 Å². The van der Waals surface area contributed by atoms with Gasteiger partial charge in [-0.2, -0.15) is 0 Å². The van der Waals surface area contributed by atoms with Gasteiger partial charge in [-0.05, 0) is 23.9 Å². The molecule has 0 aliphatic carbocycles. The van der Waals surface area contributed by atoms with Crippen molar-refractivity contribution in [2.24, 2.45) is 4.99 Å². The smallest absolute Gasteiger partial charge is 0.194 e. The number of thiophene rings is 1. The number of morpholine rings is 1. The second-order valence-electron chi connectivity index (χ2n) is 4.82. The van der Waals surface area contributed by atoms with Crippen LogP contribution in [-0.2, 0) is 16.0 Å². The first-order valence-corrected chi connectivity index (χ1v) is 7.71. The van der Waals surface area contributed by atoms with Crippen molar-refractivity contribution >= 4 is 17.3 Å². The van der Waals surface area contributed by atoms with E-state index in [0.29, 0.717) is 13.2 Å². The number of hydrogen-bond donors (Lipinski definition) is 1. The summed E-state index contributed by atoms with van der Waals surface area (Å²) in [6.07, 6.45) is 0.121. The monoisotopic (exact) mass is 297 g/mol. The molecule has 1 aliphatic rings. The van der Waals surface area contributed by atoms with Gasteiger partial charge in [0, 0.05) is 32.1 Å². The lowest BCUT2D eigenvalue weighted by molar-refractivity contribution is -0.0447. The lowest BCUT2D eigenvalue weighted by Gasteiger charge is -2.34. The van der Waals surface area contributed by atoms with Gasteiger partial charge in [-0.15, -0.1) is 11.3 Å². The number of guanidine groups is 1. The molecular formula is C14H23N3O2S. The fourth-order valence-electron chi connectivity index (χ4n) is 2.28. The molecule has 1 fully saturated rings. The lowest BCUT2D eigenvalue weighted by atomic mass is 10.3. The third kappa shape index (κ3) is 3.94. The number of aryl methyl sites for hydroxylation is 1. The molecule has 0 radical (unpaired) electrons. The Labute approximate surface area is 124 Å². The maximum Gasteiger partial charge on any atom is 0.194 e. The Bertz CT molecular complexity index is 445. The zero-order valence-electron chi connectivity index (χ0n) is 12.4. The molecule has 0 amide bonds. The van der Waals surface area contributed by atoms with E-state index in [2.05, 4.69) is 33.6 Å². The molecule has 0 spiro atoms. The molecule has 0 saturated carbocycles. The van der Waals surface area contributed by atoms with Crippen LogP contribution in [0.15, 0.2) is 16.4 Å². The summed E-state index contributed by atoms with van der Waals surface area (Å²) in [7, 11) is 3.53. The van der Waals surface area contributed by atoms with E-state index in [-0.39, 0.29) is 6.10 Å². The normalized spacial score (nSPS) is 20.2. The van der Waals surface area contributed by atoms with Crippen molar-refractivity contribution in [1.82, 2.24) is 10.2 Å². The number of rotatable bonds is 4. The van der Waals surface area contributed by atoms with Crippen LogP contribution < -0.4 is 5.32 Å². The molecule has 0 bridgehead atoms. The summed E-state index contributed by atoms with van der Waals surface area (Å²) >= 11 is 1.78. The number of aliphatic imine (C=N–C) groups is 1. The van der Waals surface area contributed by atoms with Crippen molar-refractivity contribution in [3.63, 3.8) is 0 Å². The summed E-state index contributed by atoms with van der Waals surface area (Å²) < 4.78 is 10.8. The highest BCUT2D eigenvalue weighted by atomic mass is 32.1. The number of methoxy groups -OCH3 is 1. The summed E-state index contributed by atoms with van der Waals surface area (Å²) in [6.45, 7) is 5.98. The molecule has 2 rings (SSSR count). The van der Waals surface area contributed by atoms with Gasteiger partial charge in [0.05, 0.1) is 25.9 Å². The van der Waals surface area contributed by atoms with Gasteiger partial charge in [0.1, 0.15) is 0 Å². The Balaban J connectivity index is 1.89. The van der Waals surface area contributed by atoms with Crippen molar-refractivity contribution in [2.45, 2.75) is 19.6 Å². The van der Waals surface area contributed by atoms with Crippen LogP contribution in [0.3, 0.4) is 0 Å². The van der Waals surface area contributed by atoms with E-state index in [1.165, 1.54) is 10.4 Å². The third-order valence-corrected chi connectivity index (χ3v) is 4.40. The van der Waals surface area contributed by atoms with Crippen LogP contribution in [0.2, 0.25) is 0 Å². The van der Waals surface area contributed by atoms with E-state index < -0.39 is 0 Å². The zero-order valence-corrected chi connectivity index (χ0v) is 13.2. The largest absolute Gasteiger partial charge is 0.382 e. The second-order valence-corrected chi connectivity index (χ2v) is 5.82. The van der Waals surface area contributed by atoms with E-state index in [9.17, 15) is 0 Å². The van der Waals surface area contributed by atoms with E-state index in [1.807, 2.05) is 7.05 Å². The number of ether oxygens (including phenoxy) is 2.